The number of carbonyl (C=O) groups excluding carboxylic acids is 1. The smallest absolute Gasteiger partial charge is 0.318 e. The maximum atomic E-state index is 12.1. The van der Waals surface area contributed by atoms with Gasteiger partial charge in [0.15, 0.2) is 0 Å². The zero-order valence-electron chi connectivity index (χ0n) is 20.5. The first kappa shape index (κ1) is 23.2. The summed E-state index contributed by atoms with van der Waals surface area (Å²) >= 11 is 0. The van der Waals surface area contributed by atoms with Crippen LogP contribution in [0.3, 0.4) is 0 Å². The standard InChI is InChI=1S/C27H33N5O3/c1-3-15-35-27-28-23-18-32(24-17-20(33)16-19-7-5-6-8-21(19)24)10-9-22(23)26(29-27)31-13-11-30(12-14-31)25(34)4-2/h5-8,16-17,33H,3-4,9-15,18H2,1-2H3. The molecule has 1 aromatic heterocycles. The Balaban J connectivity index is 1.46. The van der Waals surface area contributed by atoms with Gasteiger partial charge in [0.25, 0.3) is 0 Å². The van der Waals surface area contributed by atoms with E-state index in [2.05, 4.69) is 22.8 Å². The summed E-state index contributed by atoms with van der Waals surface area (Å²) in [6.07, 6.45) is 2.23. The first-order chi connectivity index (χ1) is 17.1. The maximum absolute atomic E-state index is 12.1. The minimum atomic E-state index is 0.204. The summed E-state index contributed by atoms with van der Waals surface area (Å²) in [5.74, 6) is 1.40. The molecule has 3 aromatic rings. The van der Waals surface area contributed by atoms with Crippen molar-refractivity contribution in [3.8, 4) is 11.8 Å². The highest BCUT2D eigenvalue weighted by Crippen LogP contribution is 2.36. The van der Waals surface area contributed by atoms with Crippen LogP contribution in [0.5, 0.6) is 11.8 Å². The van der Waals surface area contributed by atoms with Crippen LogP contribution < -0.4 is 14.5 Å². The van der Waals surface area contributed by atoms with Crippen molar-refractivity contribution in [1.29, 1.82) is 0 Å². The number of phenols is 1. The molecule has 1 N–H and O–H groups in total. The van der Waals surface area contributed by atoms with Crippen molar-refractivity contribution in [3.63, 3.8) is 0 Å². The number of ether oxygens (including phenoxy) is 1. The molecule has 5 rings (SSSR count). The molecule has 2 aliphatic rings. The van der Waals surface area contributed by atoms with Crippen LogP contribution in [-0.2, 0) is 17.8 Å². The van der Waals surface area contributed by atoms with Crippen LogP contribution >= 0.6 is 0 Å². The quantitative estimate of drug-likeness (QED) is 0.582. The van der Waals surface area contributed by atoms with Crippen molar-refractivity contribution in [2.75, 3.05) is 49.1 Å². The van der Waals surface area contributed by atoms with Crippen LogP contribution in [0.15, 0.2) is 36.4 Å². The number of aromatic nitrogens is 2. The molecular formula is C27H33N5O3. The molecular weight excluding hydrogens is 442 g/mol. The number of hydrogen-bond acceptors (Lipinski definition) is 7. The van der Waals surface area contributed by atoms with E-state index in [-0.39, 0.29) is 11.7 Å². The Labute approximate surface area is 206 Å². The van der Waals surface area contributed by atoms with Crippen molar-refractivity contribution in [3.05, 3.63) is 47.7 Å². The highest BCUT2D eigenvalue weighted by molar-refractivity contribution is 5.95. The maximum Gasteiger partial charge on any atom is 0.318 e. The summed E-state index contributed by atoms with van der Waals surface area (Å²) in [5, 5.41) is 12.5. The minimum absolute atomic E-state index is 0.204. The van der Waals surface area contributed by atoms with Gasteiger partial charge in [-0.25, -0.2) is 0 Å². The summed E-state index contributed by atoms with van der Waals surface area (Å²) in [7, 11) is 0. The van der Waals surface area contributed by atoms with Crippen molar-refractivity contribution in [1.82, 2.24) is 14.9 Å². The average Bonchev–Trinajstić information content (AvgIpc) is 2.90. The molecule has 3 heterocycles. The van der Waals surface area contributed by atoms with Crippen LogP contribution in [0.1, 0.15) is 37.9 Å². The van der Waals surface area contributed by atoms with E-state index in [4.69, 9.17) is 14.7 Å². The molecule has 0 radical (unpaired) electrons. The predicted molar refractivity (Wildman–Crippen MR) is 137 cm³/mol. The predicted octanol–water partition coefficient (Wildman–Crippen LogP) is 3.75. The van der Waals surface area contributed by atoms with Gasteiger partial charge in [-0.05, 0) is 24.3 Å². The molecule has 0 bridgehead atoms. The molecule has 8 nitrogen and oxygen atoms in total. The number of phenolic OH excluding ortho intramolecular Hbond substituents is 1. The second-order valence-corrected chi connectivity index (χ2v) is 9.18. The van der Waals surface area contributed by atoms with Gasteiger partial charge in [-0.15, -0.1) is 0 Å². The second kappa shape index (κ2) is 9.98. The number of anilines is 2. The van der Waals surface area contributed by atoms with Crippen LogP contribution in [0.2, 0.25) is 0 Å². The average molecular weight is 476 g/mol. The molecule has 1 saturated heterocycles. The molecule has 0 spiro atoms. The van der Waals surface area contributed by atoms with Gasteiger partial charge in [0.1, 0.15) is 11.6 Å². The Bertz CT molecular complexity index is 1220. The van der Waals surface area contributed by atoms with E-state index in [9.17, 15) is 9.90 Å². The number of rotatable bonds is 6. The van der Waals surface area contributed by atoms with E-state index in [1.54, 1.807) is 6.07 Å². The lowest BCUT2D eigenvalue weighted by Gasteiger charge is -2.38. The number of fused-ring (bicyclic) bond motifs is 2. The fourth-order valence-electron chi connectivity index (χ4n) is 5.04. The number of amides is 1. The van der Waals surface area contributed by atoms with Crippen LogP contribution in [-0.4, -0.2) is 65.2 Å². The fraction of sp³-hybridized carbons (Fsp3) is 0.444. The minimum Gasteiger partial charge on any atom is -0.508 e. The molecule has 184 valence electrons. The van der Waals surface area contributed by atoms with E-state index < -0.39 is 0 Å². The third kappa shape index (κ3) is 4.70. The molecule has 0 aliphatic carbocycles. The zero-order valence-corrected chi connectivity index (χ0v) is 20.5. The van der Waals surface area contributed by atoms with Gasteiger partial charge in [-0.1, -0.05) is 38.1 Å². The van der Waals surface area contributed by atoms with E-state index in [0.29, 0.717) is 38.7 Å². The Kier molecular flexibility index (Phi) is 6.61. The van der Waals surface area contributed by atoms with Crippen LogP contribution in [0, 0.1) is 0 Å². The molecule has 1 fully saturated rings. The fourth-order valence-corrected chi connectivity index (χ4v) is 5.04. The number of hydrogen-bond donors (Lipinski definition) is 1. The Morgan fingerprint density at radius 1 is 1.03 bits per heavy atom. The van der Waals surface area contributed by atoms with E-state index in [1.165, 1.54) is 0 Å². The van der Waals surface area contributed by atoms with Crippen LogP contribution in [0.4, 0.5) is 11.5 Å². The van der Waals surface area contributed by atoms with Gasteiger partial charge in [0.2, 0.25) is 5.91 Å². The number of aromatic hydroxyl groups is 1. The summed E-state index contributed by atoms with van der Waals surface area (Å²) in [5.41, 5.74) is 3.13. The lowest BCUT2D eigenvalue weighted by atomic mass is 10.0. The van der Waals surface area contributed by atoms with Gasteiger partial charge < -0.3 is 24.5 Å². The molecule has 0 atom stereocenters. The van der Waals surface area contributed by atoms with Crippen molar-refractivity contribution in [2.24, 2.45) is 0 Å². The molecule has 8 heteroatoms. The monoisotopic (exact) mass is 475 g/mol. The second-order valence-electron chi connectivity index (χ2n) is 9.18. The van der Waals surface area contributed by atoms with Crippen molar-refractivity contribution < 1.29 is 14.6 Å². The molecule has 2 aliphatic heterocycles. The van der Waals surface area contributed by atoms with Gasteiger partial charge in [-0.2, -0.15) is 9.97 Å². The lowest BCUT2D eigenvalue weighted by Crippen LogP contribution is -2.49. The number of benzene rings is 2. The Morgan fingerprint density at radius 2 is 1.83 bits per heavy atom. The molecule has 2 aromatic carbocycles. The zero-order chi connectivity index (χ0) is 24.4. The molecule has 1 amide bonds. The summed E-state index contributed by atoms with van der Waals surface area (Å²) in [4.78, 5) is 28.3. The lowest BCUT2D eigenvalue weighted by molar-refractivity contribution is -0.131. The SMILES string of the molecule is CCCOc1nc2c(c(N3CCN(C(=O)CC)CC3)n1)CCN(c1cc(O)cc3ccccc13)C2. The highest BCUT2D eigenvalue weighted by Gasteiger charge is 2.29. The Hall–Kier alpha value is -3.55. The summed E-state index contributed by atoms with van der Waals surface area (Å²) < 4.78 is 5.89. The number of piperazine rings is 1. The van der Waals surface area contributed by atoms with Gasteiger partial charge in [-0.3, -0.25) is 4.79 Å². The molecule has 0 unspecified atom stereocenters. The molecule has 35 heavy (non-hydrogen) atoms. The van der Waals surface area contributed by atoms with E-state index >= 15 is 0 Å². The van der Waals surface area contributed by atoms with Gasteiger partial charge in [0, 0.05) is 61.8 Å². The van der Waals surface area contributed by atoms with E-state index in [0.717, 1.165) is 66.0 Å². The van der Waals surface area contributed by atoms with E-state index in [1.807, 2.05) is 36.1 Å². The number of carbonyl (C=O) groups is 1. The van der Waals surface area contributed by atoms with Crippen molar-refractivity contribution in [2.45, 2.75) is 39.7 Å². The third-order valence-corrected chi connectivity index (χ3v) is 6.86. The summed E-state index contributed by atoms with van der Waals surface area (Å²) in [6, 6.07) is 12.2. The van der Waals surface area contributed by atoms with Crippen LogP contribution in [0.25, 0.3) is 10.8 Å². The summed E-state index contributed by atoms with van der Waals surface area (Å²) in [6.45, 7) is 8.89. The normalized spacial score (nSPS) is 15.9. The highest BCUT2D eigenvalue weighted by atomic mass is 16.5. The largest absolute Gasteiger partial charge is 0.508 e. The first-order valence-corrected chi connectivity index (χ1v) is 12.6. The van der Waals surface area contributed by atoms with Gasteiger partial charge >= 0.3 is 6.01 Å². The topological polar surface area (TPSA) is 82.0 Å². The van der Waals surface area contributed by atoms with Gasteiger partial charge in [0.05, 0.1) is 18.8 Å². The third-order valence-electron chi connectivity index (χ3n) is 6.86. The Morgan fingerprint density at radius 3 is 2.60 bits per heavy atom. The molecule has 0 saturated carbocycles. The van der Waals surface area contributed by atoms with Crippen molar-refractivity contribution >= 4 is 28.2 Å². The first-order valence-electron chi connectivity index (χ1n) is 12.6. The number of nitrogens with zero attached hydrogens (tertiary/aromatic N) is 5.